The Morgan fingerprint density at radius 3 is 3.00 bits per heavy atom. The smallest absolute Gasteiger partial charge is 0.0853 e. The number of hydrogen-bond acceptors (Lipinski definition) is 3. The van der Waals surface area contributed by atoms with Crippen LogP contribution in [0.5, 0.6) is 0 Å². The third kappa shape index (κ3) is 2.65. The zero-order valence-corrected chi connectivity index (χ0v) is 7.48. The van der Waals surface area contributed by atoms with E-state index in [0.29, 0.717) is 12.1 Å². The lowest BCUT2D eigenvalue weighted by Crippen LogP contribution is -2.11. The molecule has 3 nitrogen and oxygen atoms in total. The van der Waals surface area contributed by atoms with Crippen LogP contribution in [-0.2, 0) is 6.61 Å². The van der Waals surface area contributed by atoms with Gasteiger partial charge in [-0.3, -0.25) is 4.98 Å². The van der Waals surface area contributed by atoms with Crippen LogP contribution < -0.4 is 5.73 Å². The number of pyridine rings is 1. The van der Waals surface area contributed by atoms with Crippen molar-refractivity contribution in [2.75, 3.05) is 0 Å². The molecule has 1 rings (SSSR count). The first kappa shape index (κ1) is 9.89. The van der Waals surface area contributed by atoms with Gasteiger partial charge < -0.3 is 10.8 Å². The third-order valence-corrected chi connectivity index (χ3v) is 1.79. The number of aromatic nitrogens is 1. The molecule has 3 N–H and O–H groups in total. The molecule has 1 atom stereocenters. The van der Waals surface area contributed by atoms with Crippen LogP contribution in [-0.4, -0.2) is 10.1 Å². The molecule has 3 heteroatoms. The van der Waals surface area contributed by atoms with Crippen LogP contribution >= 0.6 is 0 Å². The van der Waals surface area contributed by atoms with Crippen LogP contribution in [0.25, 0.3) is 0 Å². The first-order chi connectivity index (χ1) is 6.27. The van der Waals surface area contributed by atoms with Gasteiger partial charge in [-0.2, -0.15) is 0 Å². The maximum Gasteiger partial charge on any atom is 0.0853 e. The topological polar surface area (TPSA) is 59.1 Å². The molecule has 0 radical (unpaired) electrons. The predicted molar refractivity (Wildman–Crippen MR) is 51.9 cm³/mol. The number of aliphatic hydroxyl groups excluding tert-OH is 1. The van der Waals surface area contributed by atoms with Crippen molar-refractivity contribution < 1.29 is 5.11 Å². The molecular formula is C10H14N2O. The summed E-state index contributed by atoms with van der Waals surface area (Å²) in [6.07, 6.45) is 2.46. The van der Waals surface area contributed by atoms with Crippen molar-refractivity contribution in [3.8, 4) is 0 Å². The molecular weight excluding hydrogens is 164 g/mol. The van der Waals surface area contributed by atoms with E-state index in [1.807, 2.05) is 12.1 Å². The highest BCUT2D eigenvalue weighted by Gasteiger charge is 2.05. The molecule has 0 saturated carbocycles. The number of hydrogen-bond donors (Lipinski definition) is 2. The molecule has 0 fully saturated rings. The molecule has 13 heavy (non-hydrogen) atoms. The molecule has 0 amide bonds. The van der Waals surface area contributed by atoms with Gasteiger partial charge in [0.25, 0.3) is 0 Å². The molecule has 70 valence electrons. The van der Waals surface area contributed by atoms with Gasteiger partial charge in [0.05, 0.1) is 24.0 Å². The number of nitrogens with zero attached hydrogens (tertiary/aromatic N) is 1. The Labute approximate surface area is 77.9 Å². The second-order valence-corrected chi connectivity index (χ2v) is 2.84. The fourth-order valence-corrected chi connectivity index (χ4v) is 1.09. The Morgan fingerprint density at radius 1 is 1.62 bits per heavy atom. The second-order valence-electron chi connectivity index (χ2n) is 2.84. The minimum Gasteiger partial charge on any atom is -0.390 e. The van der Waals surface area contributed by atoms with Gasteiger partial charge in [-0.15, -0.1) is 6.58 Å². The summed E-state index contributed by atoms with van der Waals surface area (Å²) in [5.41, 5.74) is 7.26. The van der Waals surface area contributed by atoms with E-state index in [9.17, 15) is 0 Å². The lowest BCUT2D eigenvalue weighted by atomic mass is 10.1. The van der Waals surface area contributed by atoms with E-state index in [2.05, 4.69) is 11.6 Å². The monoisotopic (exact) mass is 178 g/mol. The van der Waals surface area contributed by atoms with Crippen molar-refractivity contribution in [1.82, 2.24) is 4.98 Å². The van der Waals surface area contributed by atoms with Crippen LogP contribution in [0.15, 0.2) is 30.9 Å². The van der Waals surface area contributed by atoms with Gasteiger partial charge >= 0.3 is 0 Å². The third-order valence-electron chi connectivity index (χ3n) is 1.79. The normalized spacial score (nSPS) is 12.5. The molecule has 1 heterocycles. The highest BCUT2D eigenvalue weighted by Crippen LogP contribution is 2.11. The maximum atomic E-state index is 8.85. The summed E-state index contributed by atoms with van der Waals surface area (Å²) in [6, 6.07) is 5.35. The molecule has 0 aromatic carbocycles. The van der Waals surface area contributed by atoms with Crippen LogP contribution in [0.3, 0.4) is 0 Å². The number of aliphatic hydroxyl groups is 1. The molecule has 0 unspecified atom stereocenters. The molecule has 1 aromatic rings. The van der Waals surface area contributed by atoms with Crippen LogP contribution in [0, 0.1) is 0 Å². The standard InChI is InChI=1S/C10H14N2O/c1-2-4-9(11)10-6-3-5-8(7-13)12-10/h2-3,5-6,9,13H,1,4,7,11H2/t9-/m0/s1. The van der Waals surface area contributed by atoms with Crippen molar-refractivity contribution in [1.29, 1.82) is 0 Å². The average molecular weight is 178 g/mol. The summed E-state index contributed by atoms with van der Waals surface area (Å²) in [4.78, 5) is 4.19. The average Bonchev–Trinajstić information content (AvgIpc) is 2.18. The van der Waals surface area contributed by atoms with E-state index in [-0.39, 0.29) is 12.6 Å². The largest absolute Gasteiger partial charge is 0.390 e. The first-order valence-electron chi connectivity index (χ1n) is 4.21. The van der Waals surface area contributed by atoms with Gasteiger partial charge in [-0.1, -0.05) is 12.1 Å². The van der Waals surface area contributed by atoms with E-state index < -0.39 is 0 Å². The van der Waals surface area contributed by atoms with E-state index >= 15 is 0 Å². The van der Waals surface area contributed by atoms with Crippen molar-refractivity contribution in [2.24, 2.45) is 5.73 Å². The summed E-state index contributed by atoms with van der Waals surface area (Å²) >= 11 is 0. The highest BCUT2D eigenvalue weighted by molar-refractivity contribution is 5.14. The number of nitrogens with two attached hydrogens (primary N) is 1. The summed E-state index contributed by atoms with van der Waals surface area (Å²) in [5.74, 6) is 0. The van der Waals surface area contributed by atoms with E-state index in [1.54, 1.807) is 12.1 Å². The van der Waals surface area contributed by atoms with Crippen LogP contribution in [0.1, 0.15) is 23.9 Å². The second kappa shape index (κ2) is 4.74. The number of rotatable bonds is 4. The van der Waals surface area contributed by atoms with E-state index in [0.717, 1.165) is 5.69 Å². The molecule has 0 aliphatic heterocycles. The highest BCUT2D eigenvalue weighted by atomic mass is 16.3. The summed E-state index contributed by atoms with van der Waals surface area (Å²) in [5, 5.41) is 8.85. The zero-order chi connectivity index (χ0) is 9.68. The summed E-state index contributed by atoms with van der Waals surface area (Å²) in [6.45, 7) is 3.56. The SMILES string of the molecule is C=CC[C@H](N)c1cccc(CO)n1. The zero-order valence-electron chi connectivity index (χ0n) is 7.48. The molecule has 0 spiro atoms. The summed E-state index contributed by atoms with van der Waals surface area (Å²) < 4.78 is 0. The molecule has 0 aliphatic carbocycles. The Hall–Kier alpha value is -1.19. The lowest BCUT2D eigenvalue weighted by molar-refractivity contribution is 0.276. The minimum absolute atomic E-state index is 0.0470. The van der Waals surface area contributed by atoms with Gasteiger partial charge in [0, 0.05) is 0 Å². The quantitative estimate of drug-likeness (QED) is 0.680. The Morgan fingerprint density at radius 2 is 2.38 bits per heavy atom. The van der Waals surface area contributed by atoms with Crippen molar-refractivity contribution in [3.63, 3.8) is 0 Å². The molecule has 0 saturated heterocycles. The fraction of sp³-hybridized carbons (Fsp3) is 0.300. The van der Waals surface area contributed by atoms with E-state index in [1.165, 1.54) is 0 Å². The van der Waals surface area contributed by atoms with Crippen molar-refractivity contribution in [2.45, 2.75) is 19.1 Å². The van der Waals surface area contributed by atoms with Crippen molar-refractivity contribution in [3.05, 3.63) is 42.2 Å². The Kier molecular flexibility index (Phi) is 3.61. The summed E-state index contributed by atoms with van der Waals surface area (Å²) in [7, 11) is 0. The lowest BCUT2D eigenvalue weighted by Gasteiger charge is -2.08. The Bertz CT molecular complexity index is 286. The van der Waals surface area contributed by atoms with Gasteiger partial charge in [-0.05, 0) is 18.6 Å². The Balaban J connectivity index is 2.81. The van der Waals surface area contributed by atoms with Gasteiger partial charge in [-0.25, -0.2) is 0 Å². The molecule has 0 aliphatic rings. The first-order valence-corrected chi connectivity index (χ1v) is 4.21. The van der Waals surface area contributed by atoms with Gasteiger partial charge in [0.15, 0.2) is 0 Å². The van der Waals surface area contributed by atoms with Crippen LogP contribution in [0.4, 0.5) is 0 Å². The predicted octanol–water partition coefficient (Wildman–Crippen LogP) is 1.15. The van der Waals surface area contributed by atoms with E-state index in [4.69, 9.17) is 10.8 Å². The minimum atomic E-state index is -0.121. The van der Waals surface area contributed by atoms with Gasteiger partial charge in [0.1, 0.15) is 0 Å². The van der Waals surface area contributed by atoms with Crippen LogP contribution in [0.2, 0.25) is 0 Å². The molecule has 1 aromatic heterocycles. The molecule has 0 bridgehead atoms. The van der Waals surface area contributed by atoms with Gasteiger partial charge in [0.2, 0.25) is 0 Å². The fourth-order valence-electron chi connectivity index (χ4n) is 1.09. The maximum absolute atomic E-state index is 8.85. The van der Waals surface area contributed by atoms with Crippen molar-refractivity contribution >= 4 is 0 Å².